The van der Waals surface area contributed by atoms with E-state index in [1.54, 1.807) is 25.2 Å². The molecule has 0 heterocycles. The SMILES string of the molecule is CNc1cccc(S(=O)NC(=O)C(N)CC(C)C)c1. The van der Waals surface area contributed by atoms with Crippen molar-refractivity contribution in [2.45, 2.75) is 31.2 Å². The Morgan fingerprint density at radius 1 is 1.42 bits per heavy atom. The van der Waals surface area contributed by atoms with Crippen LogP contribution in [0.1, 0.15) is 20.3 Å². The van der Waals surface area contributed by atoms with Gasteiger partial charge in [0.05, 0.1) is 10.9 Å². The highest BCUT2D eigenvalue weighted by atomic mass is 32.2. The summed E-state index contributed by atoms with van der Waals surface area (Å²) in [6, 6.07) is 6.43. The average molecular weight is 283 g/mol. The quantitative estimate of drug-likeness (QED) is 0.733. The van der Waals surface area contributed by atoms with Crippen LogP contribution in [-0.4, -0.2) is 23.2 Å². The van der Waals surface area contributed by atoms with Gasteiger partial charge in [-0.1, -0.05) is 19.9 Å². The van der Waals surface area contributed by atoms with Crippen LogP contribution in [0.25, 0.3) is 0 Å². The summed E-state index contributed by atoms with van der Waals surface area (Å²) in [4.78, 5) is 12.3. The Morgan fingerprint density at radius 2 is 2.11 bits per heavy atom. The van der Waals surface area contributed by atoms with Gasteiger partial charge in [-0.3, -0.25) is 9.52 Å². The standard InChI is InChI=1S/C13H21N3O2S/c1-9(2)7-12(14)13(17)16-19(18)11-6-4-5-10(8-11)15-3/h4-6,8-9,12,15H,7,14H2,1-3H3,(H,16,17). The Hall–Kier alpha value is -1.40. The predicted octanol–water partition coefficient (Wildman–Crippen LogP) is 1.24. The first-order chi connectivity index (χ1) is 8.93. The number of nitrogens with one attached hydrogen (secondary N) is 2. The van der Waals surface area contributed by atoms with Crippen molar-refractivity contribution in [3.63, 3.8) is 0 Å². The van der Waals surface area contributed by atoms with Gasteiger partial charge in [0.2, 0.25) is 5.91 Å². The number of amides is 1. The molecule has 0 aliphatic rings. The number of carbonyl (C=O) groups is 1. The van der Waals surface area contributed by atoms with Crippen LogP contribution in [0.5, 0.6) is 0 Å². The molecule has 0 saturated heterocycles. The first kappa shape index (κ1) is 15.7. The summed E-state index contributed by atoms with van der Waals surface area (Å²) in [6.07, 6.45) is 0.569. The normalized spacial score (nSPS) is 13.9. The lowest BCUT2D eigenvalue weighted by molar-refractivity contribution is -0.120. The Bertz CT molecular complexity index is 463. The minimum atomic E-state index is -1.58. The van der Waals surface area contributed by atoms with E-state index in [0.717, 1.165) is 5.69 Å². The molecule has 2 atom stereocenters. The number of nitrogens with two attached hydrogens (primary N) is 1. The second kappa shape index (κ2) is 7.25. The Morgan fingerprint density at radius 3 is 2.68 bits per heavy atom. The van der Waals surface area contributed by atoms with Gasteiger partial charge in [-0.2, -0.15) is 0 Å². The minimum Gasteiger partial charge on any atom is -0.388 e. The fourth-order valence-corrected chi connectivity index (χ4v) is 2.50. The maximum absolute atomic E-state index is 12.0. The van der Waals surface area contributed by atoms with Crippen LogP contribution in [0.4, 0.5) is 5.69 Å². The van der Waals surface area contributed by atoms with Crippen molar-refractivity contribution < 1.29 is 9.00 Å². The molecule has 106 valence electrons. The summed E-state index contributed by atoms with van der Waals surface area (Å²) in [5, 5.41) is 2.95. The zero-order valence-corrected chi connectivity index (χ0v) is 12.3. The molecule has 1 aromatic carbocycles. The second-order valence-corrected chi connectivity index (χ2v) is 5.96. The van der Waals surface area contributed by atoms with Gasteiger partial charge >= 0.3 is 0 Å². The topological polar surface area (TPSA) is 84.2 Å². The van der Waals surface area contributed by atoms with Crippen LogP contribution < -0.4 is 15.8 Å². The van der Waals surface area contributed by atoms with Crippen LogP contribution in [0.3, 0.4) is 0 Å². The molecule has 0 aliphatic carbocycles. The summed E-state index contributed by atoms with van der Waals surface area (Å²) < 4.78 is 14.4. The molecule has 19 heavy (non-hydrogen) atoms. The van der Waals surface area contributed by atoms with Gasteiger partial charge in [-0.05, 0) is 30.5 Å². The maximum Gasteiger partial charge on any atom is 0.248 e. The van der Waals surface area contributed by atoms with Crippen molar-refractivity contribution in [1.82, 2.24) is 4.72 Å². The molecule has 0 aliphatic heterocycles. The molecule has 6 heteroatoms. The van der Waals surface area contributed by atoms with E-state index in [4.69, 9.17) is 5.73 Å². The van der Waals surface area contributed by atoms with Gasteiger partial charge in [0, 0.05) is 12.7 Å². The molecule has 0 saturated carbocycles. The molecule has 1 amide bonds. The second-order valence-electron chi connectivity index (χ2n) is 4.75. The van der Waals surface area contributed by atoms with Gasteiger partial charge in [0.15, 0.2) is 11.0 Å². The average Bonchev–Trinajstić information content (AvgIpc) is 2.37. The van der Waals surface area contributed by atoms with Crippen molar-refractivity contribution in [2.75, 3.05) is 12.4 Å². The molecule has 0 bridgehead atoms. The van der Waals surface area contributed by atoms with Crippen molar-refractivity contribution in [2.24, 2.45) is 11.7 Å². The third kappa shape index (κ3) is 5.00. The number of benzene rings is 1. The highest BCUT2D eigenvalue weighted by Crippen LogP contribution is 2.12. The Kier molecular flexibility index (Phi) is 5.98. The highest BCUT2D eigenvalue weighted by molar-refractivity contribution is 7.83. The van der Waals surface area contributed by atoms with E-state index in [0.29, 0.717) is 17.2 Å². The maximum atomic E-state index is 12.0. The zero-order chi connectivity index (χ0) is 14.4. The lowest BCUT2D eigenvalue weighted by Crippen LogP contribution is -2.42. The molecular formula is C13H21N3O2S. The largest absolute Gasteiger partial charge is 0.388 e. The molecule has 0 spiro atoms. The van der Waals surface area contributed by atoms with Gasteiger partial charge in [-0.15, -0.1) is 0 Å². The van der Waals surface area contributed by atoms with E-state index >= 15 is 0 Å². The number of hydrogen-bond donors (Lipinski definition) is 3. The fourth-order valence-electron chi connectivity index (χ4n) is 1.61. The zero-order valence-electron chi connectivity index (χ0n) is 11.5. The summed E-state index contributed by atoms with van der Waals surface area (Å²) in [5.41, 5.74) is 6.58. The summed E-state index contributed by atoms with van der Waals surface area (Å²) in [6.45, 7) is 3.97. The monoisotopic (exact) mass is 283 g/mol. The molecule has 2 unspecified atom stereocenters. The van der Waals surface area contributed by atoms with Crippen LogP contribution in [0.15, 0.2) is 29.2 Å². The Balaban J connectivity index is 2.66. The molecule has 4 N–H and O–H groups in total. The lowest BCUT2D eigenvalue weighted by atomic mass is 10.0. The molecule has 1 aromatic rings. The van der Waals surface area contributed by atoms with Gasteiger partial charge in [0.25, 0.3) is 0 Å². The van der Waals surface area contributed by atoms with Crippen LogP contribution >= 0.6 is 0 Å². The molecule has 0 fully saturated rings. The van der Waals surface area contributed by atoms with Crippen LogP contribution in [-0.2, 0) is 15.8 Å². The van der Waals surface area contributed by atoms with Gasteiger partial charge in [-0.25, -0.2) is 4.21 Å². The fraction of sp³-hybridized carbons (Fsp3) is 0.462. The number of hydrogen-bond acceptors (Lipinski definition) is 4. The smallest absolute Gasteiger partial charge is 0.248 e. The van der Waals surface area contributed by atoms with E-state index in [1.165, 1.54) is 0 Å². The lowest BCUT2D eigenvalue weighted by Gasteiger charge is -2.13. The number of rotatable bonds is 6. The van der Waals surface area contributed by atoms with Crippen molar-refractivity contribution >= 4 is 22.6 Å². The summed E-state index contributed by atoms with van der Waals surface area (Å²) in [7, 11) is 0.197. The first-order valence-corrected chi connectivity index (χ1v) is 7.34. The Labute approximate surface area is 116 Å². The summed E-state index contributed by atoms with van der Waals surface area (Å²) in [5.74, 6) is -0.0660. The van der Waals surface area contributed by atoms with Crippen molar-refractivity contribution in [3.8, 4) is 0 Å². The summed E-state index contributed by atoms with van der Waals surface area (Å²) >= 11 is 0. The number of carbonyl (C=O) groups excluding carboxylic acids is 1. The third-order valence-electron chi connectivity index (χ3n) is 2.59. The van der Waals surface area contributed by atoms with Gasteiger partial charge in [0.1, 0.15) is 0 Å². The molecule has 1 rings (SSSR count). The molecular weight excluding hydrogens is 262 g/mol. The molecule has 0 radical (unpaired) electrons. The van der Waals surface area contributed by atoms with Crippen LogP contribution in [0.2, 0.25) is 0 Å². The molecule has 5 nitrogen and oxygen atoms in total. The van der Waals surface area contributed by atoms with E-state index in [9.17, 15) is 9.00 Å². The van der Waals surface area contributed by atoms with Crippen molar-refractivity contribution in [1.29, 1.82) is 0 Å². The van der Waals surface area contributed by atoms with Gasteiger partial charge < -0.3 is 11.1 Å². The van der Waals surface area contributed by atoms with E-state index in [2.05, 4.69) is 10.0 Å². The van der Waals surface area contributed by atoms with Crippen LogP contribution in [0, 0.1) is 5.92 Å². The van der Waals surface area contributed by atoms with E-state index in [-0.39, 0.29) is 5.91 Å². The van der Waals surface area contributed by atoms with E-state index in [1.807, 2.05) is 19.9 Å². The third-order valence-corrected chi connectivity index (χ3v) is 3.66. The van der Waals surface area contributed by atoms with E-state index < -0.39 is 17.0 Å². The minimum absolute atomic E-state index is 0.321. The highest BCUT2D eigenvalue weighted by Gasteiger charge is 2.17. The van der Waals surface area contributed by atoms with Crippen molar-refractivity contribution in [3.05, 3.63) is 24.3 Å². The molecule has 0 aromatic heterocycles. The number of anilines is 1. The first-order valence-electron chi connectivity index (χ1n) is 6.19. The predicted molar refractivity (Wildman–Crippen MR) is 78.0 cm³/mol.